The Morgan fingerprint density at radius 2 is 1.06 bits per heavy atom. The molecule has 5 rings (SSSR count). The molecule has 0 saturated heterocycles. The van der Waals surface area contributed by atoms with Gasteiger partial charge in [-0.25, -0.2) is 9.97 Å². The molecule has 32 heavy (non-hydrogen) atoms. The van der Waals surface area contributed by atoms with Gasteiger partial charge in [0.15, 0.2) is 11.2 Å². The highest BCUT2D eigenvalue weighted by molar-refractivity contribution is 7.31. The minimum Gasteiger partial charge on any atom is -0.589 e. The summed E-state index contributed by atoms with van der Waals surface area (Å²) in [6.07, 6.45) is 0. The van der Waals surface area contributed by atoms with Gasteiger partial charge in [-0.05, 0) is 57.0 Å². The van der Waals surface area contributed by atoms with Gasteiger partial charge in [0.2, 0.25) is 9.75 Å². The molecule has 0 spiro atoms. The summed E-state index contributed by atoms with van der Waals surface area (Å²) in [4.78, 5) is 10.3. The van der Waals surface area contributed by atoms with Crippen LogP contribution in [0.4, 0.5) is 0 Å². The number of nitrogens with zero attached hydrogens (tertiary/aromatic N) is 2. The molecule has 2 aromatic carbocycles. The van der Waals surface area contributed by atoms with Gasteiger partial charge < -0.3 is 13.4 Å². The van der Waals surface area contributed by atoms with Crippen LogP contribution in [0.15, 0.2) is 57.4 Å². The summed E-state index contributed by atoms with van der Waals surface area (Å²) >= 11 is 0. The maximum absolute atomic E-state index is 13.3. The van der Waals surface area contributed by atoms with Crippen LogP contribution in [0.3, 0.4) is 0 Å². The van der Waals surface area contributed by atoms with Crippen LogP contribution >= 0.6 is 10.8 Å². The quantitative estimate of drug-likeness (QED) is 0.261. The molecule has 0 aliphatic carbocycles. The van der Waals surface area contributed by atoms with Crippen LogP contribution in [0.5, 0.6) is 0 Å². The maximum atomic E-state index is 13.3. The molecule has 3 aromatic heterocycles. The fraction of sp³-hybridized carbons (Fsp3) is 0.308. The molecule has 5 nitrogen and oxygen atoms in total. The SMILES string of the molecule is CC(C)(C)c1ccc2oc(-c3ccc(-c4nc5cc(C(C)(C)C)ccc5o4)[s+]3[O-])nc2c1. The van der Waals surface area contributed by atoms with E-state index in [-0.39, 0.29) is 10.8 Å². The first-order valence-corrected chi connectivity index (χ1v) is 11.8. The van der Waals surface area contributed by atoms with Gasteiger partial charge in [0, 0.05) is 12.1 Å². The molecule has 164 valence electrons. The van der Waals surface area contributed by atoms with Gasteiger partial charge in [0.05, 0.1) is 0 Å². The number of rotatable bonds is 2. The molecule has 0 unspecified atom stereocenters. The third-order valence-electron chi connectivity index (χ3n) is 5.71. The van der Waals surface area contributed by atoms with Crippen molar-refractivity contribution in [1.29, 1.82) is 0 Å². The number of hydrogen-bond donors (Lipinski definition) is 0. The molecule has 0 aliphatic rings. The second kappa shape index (κ2) is 7.02. The van der Waals surface area contributed by atoms with Crippen LogP contribution in [0.1, 0.15) is 52.7 Å². The van der Waals surface area contributed by atoms with E-state index in [9.17, 15) is 4.55 Å². The van der Waals surface area contributed by atoms with Crippen molar-refractivity contribution in [2.24, 2.45) is 0 Å². The zero-order valence-electron chi connectivity index (χ0n) is 19.1. The van der Waals surface area contributed by atoms with Gasteiger partial charge in [0.1, 0.15) is 11.0 Å². The Labute approximate surface area is 189 Å². The highest BCUT2D eigenvalue weighted by Crippen LogP contribution is 2.43. The summed E-state index contributed by atoms with van der Waals surface area (Å²) in [6, 6.07) is 15.5. The van der Waals surface area contributed by atoms with Gasteiger partial charge in [0.25, 0.3) is 11.8 Å². The molecule has 0 radical (unpaired) electrons. The average molecular weight is 447 g/mol. The monoisotopic (exact) mass is 446 g/mol. The van der Waals surface area contributed by atoms with E-state index >= 15 is 0 Å². The van der Waals surface area contributed by atoms with E-state index in [1.54, 1.807) is 12.1 Å². The third kappa shape index (κ3) is 3.53. The van der Waals surface area contributed by atoms with E-state index < -0.39 is 10.8 Å². The van der Waals surface area contributed by atoms with E-state index in [0.717, 1.165) is 11.0 Å². The Bertz CT molecular complexity index is 1350. The molecular weight excluding hydrogens is 420 g/mol. The summed E-state index contributed by atoms with van der Waals surface area (Å²) in [6.45, 7) is 12.9. The Balaban J connectivity index is 1.55. The molecule has 0 N–H and O–H groups in total. The van der Waals surface area contributed by atoms with Crippen molar-refractivity contribution < 1.29 is 13.4 Å². The standard InChI is InChI=1S/C26H26N2O3S/c1-25(2,3)15-7-9-19-17(13-15)27-23(30-19)21-11-12-22(32(21)29)24-28-18-14-16(26(4,5)6)8-10-20(18)31-24/h7-14H,1-6H3. The van der Waals surface area contributed by atoms with E-state index in [1.807, 2.05) is 36.4 Å². The summed E-state index contributed by atoms with van der Waals surface area (Å²) in [5, 5.41) is 0. The Morgan fingerprint density at radius 3 is 1.44 bits per heavy atom. The molecule has 0 aliphatic heterocycles. The summed E-state index contributed by atoms with van der Waals surface area (Å²) < 4.78 is 25.1. The molecule has 6 heteroatoms. The molecular formula is C26H26N2O3S. The van der Waals surface area contributed by atoms with Gasteiger partial charge in [-0.15, -0.1) is 0 Å². The van der Waals surface area contributed by atoms with Crippen molar-refractivity contribution in [2.75, 3.05) is 0 Å². The third-order valence-corrected chi connectivity index (χ3v) is 7.13. The smallest absolute Gasteiger partial charge is 0.281 e. The van der Waals surface area contributed by atoms with E-state index in [1.165, 1.54) is 11.1 Å². The normalized spacial score (nSPS) is 12.8. The molecule has 0 bridgehead atoms. The summed E-state index contributed by atoms with van der Waals surface area (Å²) in [5.74, 6) is 0.726. The summed E-state index contributed by atoms with van der Waals surface area (Å²) in [5.41, 5.74) is 5.24. The minimum absolute atomic E-state index is 0.0112. The number of benzene rings is 2. The van der Waals surface area contributed by atoms with Crippen LogP contribution in [-0.4, -0.2) is 14.5 Å². The van der Waals surface area contributed by atoms with Crippen LogP contribution in [0.25, 0.3) is 43.7 Å². The van der Waals surface area contributed by atoms with Crippen molar-refractivity contribution in [3.8, 4) is 21.5 Å². The van der Waals surface area contributed by atoms with Crippen LogP contribution < -0.4 is 0 Å². The first kappa shape index (κ1) is 20.9. The Hall–Kier alpha value is -2.96. The van der Waals surface area contributed by atoms with Crippen molar-refractivity contribution in [1.82, 2.24) is 9.97 Å². The summed E-state index contributed by atoms with van der Waals surface area (Å²) in [7, 11) is -1.49. The highest BCUT2D eigenvalue weighted by atomic mass is 32.2. The maximum Gasteiger partial charge on any atom is 0.281 e. The molecule has 0 atom stereocenters. The zero-order chi connectivity index (χ0) is 22.8. The molecule has 5 aromatic rings. The lowest BCUT2D eigenvalue weighted by Gasteiger charge is -2.18. The van der Waals surface area contributed by atoms with E-state index in [2.05, 4.69) is 51.5 Å². The lowest BCUT2D eigenvalue weighted by Crippen LogP contribution is -2.10. The molecule has 0 saturated carbocycles. The number of hydrogen-bond acceptors (Lipinski definition) is 5. The minimum atomic E-state index is -1.49. The number of fused-ring (bicyclic) bond motifs is 2. The van der Waals surface area contributed by atoms with Crippen LogP contribution in [0, 0.1) is 0 Å². The average Bonchev–Trinajstić information content (AvgIpc) is 3.40. The van der Waals surface area contributed by atoms with Crippen LogP contribution in [-0.2, 0) is 10.8 Å². The Kier molecular flexibility index (Phi) is 4.59. The lowest BCUT2D eigenvalue weighted by atomic mass is 9.87. The first-order chi connectivity index (χ1) is 15.0. The van der Waals surface area contributed by atoms with Crippen molar-refractivity contribution >= 4 is 33.0 Å². The second-order valence-electron chi connectivity index (χ2n) is 10.2. The number of thiophene rings is 1. The van der Waals surface area contributed by atoms with Gasteiger partial charge >= 0.3 is 0 Å². The topological polar surface area (TPSA) is 75.1 Å². The van der Waals surface area contributed by atoms with Gasteiger partial charge in [-0.2, -0.15) is 0 Å². The van der Waals surface area contributed by atoms with Crippen molar-refractivity contribution in [3.63, 3.8) is 0 Å². The Morgan fingerprint density at radius 1 is 0.656 bits per heavy atom. The largest absolute Gasteiger partial charge is 0.589 e. The number of aromatic nitrogens is 2. The first-order valence-electron chi connectivity index (χ1n) is 10.7. The zero-order valence-corrected chi connectivity index (χ0v) is 20.0. The highest BCUT2D eigenvalue weighted by Gasteiger charge is 2.26. The lowest BCUT2D eigenvalue weighted by molar-refractivity contribution is 0.588. The van der Waals surface area contributed by atoms with E-state index in [0.29, 0.717) is 32.7 Å². The predicted molar refractivity (Wildman–Crippen MR) is 129 cm³/mol. The fourth-order valence-corrected chi connectivity index (χ4v) is 4.81. The van der Waals surface area contributed by atoms with E-state index in [4.69, 9.17) is 8.83 Å². The fourth-order valence-electron chi connectivity index (χ4n) is 3.69. The van der Waals surface area contributed by atoms with Crippen molar-refractivity contribution in [2.45, 2.75) is 52.4 Å². The number of oxazole rings is 2. The van der Waals surface area contributed by atoms with Crippen molar-refractivity contribution in [3.05, 3.63) is 59.7 Å². The molecule has 0 amide bonds. The van der Waals surface area contributed by atoms with Gasteiger partial charge in [-0.3, -0.25) is 0 Å². The molecule has 3 heterocycles. The van der Waals surface area contributed by atoms with Crippen LogP contribution in [0.2, 0.25) is 0 Å². The second-order valence-corrected chi connectivity index (χ2v) is 11.7. The van der Waals surface area contributed by atoms with Gasteiger partial charge in [-0.1, -0.05) is 53.7 Å². The molecule has 0 fully saturated rings. The predicted octanol–water partition coefficient (Wildman–Crippen LogP) is 7.63.